The van der Waals surface area contributed by atoms with Crippen molar-refractivity contribution in [2.24, 2.45) is 5.92 Å². The molecular formula is C23H28FN3O4. The zero-order chi connectivity index (χ0) is 21.2. The molecule has 31 heavy (non-hydrogen) atoms. The smallest absolute Gasteiger partial charge is 0.233 e. The van der Waals surface area contributed by atoms with Crippen molar-refractivity contribution >= 4 is 11.8 Å². The molecule has 0 radical (unpaired) electrons. The highest BCUT2D eigenvalue weighted by molar-refractivity contribution is 5.81. The van der Waals surface area contributed by atoms with Gasteiger partial charge < -0.3 is 23.8 Å². The van der Waals surface area contributed by atoms with Crippen molar-refractivity contribution < 1.29 is 23.2 Å². The van der Waals surface area contributed by atoms with E-state index in [4.69, 9.17) is 14.0 Å². The summed E-state index contributed by atoms with van der Waals surface area (Å²) in [4.78, 5) is 17.2. The lowest BCUT2D eigenvalue weighted by Crippen LogP contribution is -2.39. The quantitative estimate of drug-likeness (QED) is 0.673. The van der Waals surface area contributed by atoms with Crippen LogP contribution in [0.15, 0.2) is 28.8 Å². The van der Waals surface area contributed by atoms with Gasteiger partial charge >= 0.3 is 0 Å². The van der Waals surface area contributed by atoms with Gasteiger partial charge in [0.25, 0.3) is 0 Å². The largest absolute Gasteiger partial charge is 0.378 e. The molecule has 3 fully saturated rings. The zero-order valence-corrected chi connectivity index (χ0v) is 17.6. The topological polar surface area (TPSA) is 68.0 Å². The number of anilines is 1. The maximum Gasteiger partial charge on any atom is 0.233 e. The lowest BCUT2D eigenvalue weighted by molar-refractivity contribution is -0.134. The van der Waals surface area contributed by atoms with Gasteiger partial charge in [-0.3, -0.25) is 4.79 Å². The molecule has 7 nitrogen and oxygen atoms in total. The van der Waals surface area contributed by atoms with Crippen LogP contribution in [0.25, 0.3) is 11.3 Å². The first-order valence-corrected chi connectivity index (χ1v) is 11.2. The van der Waals surface area contributed by atoms with Crippen molar-refractivity contribution in [1.29, 1.82) is 0 Å². The van der Waals surface area contributed by atoms with E-state index in [0.29, 0.717) is 51.0 Å². The number of hydrogen-bond acceptors (Lipinski definition) is 6. The van der Waals surface area contributed by atoms with Crippen molar-refractivity contribution in [2.45, 2.75) is 38.3 Å². The van der Waals surface area contributed by atoms with Crippen LogP contribution in [0.4, 0.5) is 10.3 Å². The fraction of sp³-hybridized carbons (Fsp3) is 0.565. The fourth-order valence-electron chi connectivity index (χ4n) is 4.34. The van der Waals surface area contributed by atoms with Crippen molar-refractivity contribution in [3.8, 4) is 11.3 Å². The first kappa shape index (κ1) is 20.5. The van der Waals surface area contributed by atoms with Gasteiger partial charge in [0.15, 0.2) is 0 Å². The summed E-state index contributed by atoms with van der Waals surface area (Å²) < 4.78 is 30.6. The van der Waals surface area contributed by atoms with Crippen LogP contribution in [-0.4, -0.2) is 61.5 Å². The molecule has 0 spiro atoms. The van der Waals surface area contributed by atoms with Crippen LogP contribution in [-0.2, 0) is 20.8 Å². The molecule has 1 aliphatic carbocycles. The zero-order valence-electron chi connectivity index (χ0n) is 17.6. The van der Waals surface area contributed by atoms with E-state index in [-0.39, 0.29) is 23.7 Å². The number of benzene rings is 1. The Morgan fingerprint density at radius 3 is 2.58 bits per heavy atom. The molecule has 3 heterocycles. The molecule has 8 heteroatoms. The van der Waals surface area contributed by atoms with Crippen LogP contribution in [0.2, 0.25) is 0 Å². The Hall–Kier alpha value is -2.45. The normalized spacial score (nSPS) is 21.5. The van der Waals surface area contributed by atoms with Gasteiger partial charge in [-0.1, -0.05) is 5.16 Å². The maximum atomic E-state index is 13.5. The van der Waals surface area contributed by atoms with Gasteiger partial charge in [-0.2, -0.15) is 0 Å². The lowest BCUT2D eigenvalue weighted by Gasteiger charge is -2.29. The van der Waals surface area contributed by atoms with Crippen molar-refractivity contribution in [2.75, 3.05) is 44.4 Å². The number of rotatable bonds is 7. The number of nitrogens with zero attached hydrogens (tertiary/aromatic N) is 3. The van der Waals surface area contributed by atoms with Crippen LogP contribution in [0.3, 0.4) is 0 Å². The van der Waals surface area contributed by atoms with E-state index >= 15 is 0 Å². The highest BCUT2D eigenvalue weighted by Crippen LogP contribution is 2.36. The predicted molar refractivity (Wildman–Crippen MR) is 112 cm³/mol. The van der Waals surface area contributed by atoms with Gasteiger partial charge in [0.2, 0.25) is 11.8 Å². The molecule has 1 aromatic carbocycles. The monoisotopic (exact) mass is 429 g/mol. The Morgan fingerprint density at radius 1 is 1.13 bits per heavy atom. The third kappa shape index (κ3) is 4.60. The Labute approximate surface area is 181 Å². The summed E-state index contributed by atoms with van der Waals surface area (Å²) in [6, 6.07) is 6.24. The highest BCUT2D eigenvalue weighted by atomic mass is 19.1. The number of aromatic nitrogens is 1. The summed E-state index contributed by atoms with van der Waals surface area (Å²) in [5.41, 5.74) is 2.29. The summed E-state index contributed by atoms with van der Waals surface area (Å²) in [5, 5.41) is 4.35. The van der Waals surface area contributed by atoms with E-state index in [1.54, 1.807) is 12.1 Å². The SMILES string of the molecule is O=C(C1CC1)N(Cc1c(-c2ccc(F)cc2)noc1N1CCOCC1)C[C@H]1CCCO1. The Bertz CT molecular complexity index is 900. The summed E-state index contributed by atoms with van der Waals surface area (Å²) in [6.07, 6.45) is 3.98. The molecule has 0 bridgehead atoms. The fourth-order valence-corrected chi connectivity index (χ4v) is 4.34. The first-order valence-electron chi connectivity index (χ1n) is 11.2. The second-order valence-corrected chi connectivity index (χ2v) is 8.55. The van der Waals surface area contributed by atoms with Crippen molar-refractivity contribution in [3.05, 3.63) is 35.6 Å². The average molecular weight is 429 g/mol. The van der Waals surface area contributed by atoms with E-state index in [2.05, 4.69) is 10.1 Å². The third-order valence-corrected chi connectivity index (χ3v) is 6.22. The summed E-state index contributed by atoms with van der Waals surface area (Å²) >= 11 is 0. The number of halogens is 1. The summed E-state index contributed by atoms with van der Waals surface area (Å²) in [6.45, 7) is 4.37. The number of carbonyl (C=O) groups is 1. The summed E-state index contributed by atoms with van der Waals surface area (Å²) in [5.74, 6) is 0.659. The Kier molecular flexibility index (Phi) is 5.91. The summed E-state index contributed by atoms with van der Waals surface area (Å²) in [7, 11) is 0. The Balaban J connectivity index is 1.48. The molecule has 5 rings (SSSR count). The van der Waals surface area contributed by atoms with Gasteiger partial charge in [0, 0.05) is 37.7 Å². The van der Waals surface area contributed by atoms with Crippen molar-refractivity contribution in [3.63, 3.8) is 0 Å². The molecule has 2 saturated heterocycles. The molecule has 0 unspecified atom stereocenters. The van der Waals surface area contributed by atoms with Crippen molar-refractivity contribution in [1.82, 2.24) is 10.1 Å². The average Bonchev–Trinajstić information content (AvgIpc) is 3.37. The Morgan fingerprint density at radius 2 is 1.90 bits per heavy atom. The molecule has 1 amide bonds. The minimum Gasteiger partial charge on any atom is -0.378 e. The molecule has 0 N–H and O–H groups in total. The molecule has 3 aliphatic rings. The van der Waals surface area contributed by atoms with E-state index in [1.165, 1.54) is 12.1 Å². The number of amides is 1. The lowest BCUT2D eigenvalue weighted by atomic mass is 10.1. The van der Waals surface area contributed by atoms with Gasteiger partial charge in [-0.25, -0.2) is 4.39 Å². The minimum atomic E-state index is -0.300. The molecule has 2 aromatic rings. The molecule has 1 saturated carbocycles. The van der Waals surface area contributed by atoms with E-state index < -0.39 is 0 Å². The molecule has 1 atom stereocenters. The van der Waals surface area contributed by atoms with E-state index in [9.17, 15) is 9.18 Å². The molecule has 2 aliphatic heterocycles. The number of carbonyl (C=O) groups excluding carboxylic acids is 1. The molecule has 1 aromatic heterocycles. The van der Waals surface area contributed by atoms with E-state index in [1.807, 2.05) is 4.90 Å². The second kappa shape index (κ2) is 8.96. The van der Waals surface area contributed by atoms with E-state index in [0.717, 1.165) is 43.4 Å². The minimum absolute atomic E-state index is 0.0728. The number of morpholine rings is 1. The van der Waals surface area contributed by atoms with Gasteiger partial charge in [-0.15, -0.1) is 0 Å². The maximum absolute atomic E-state index is 13.5. The highest BCUT2D eigenvalue weighted by Gasteiger charge is 2.36. The van der Waals surface area contributed by atoms with Gasteiger partial charge in [0.05, 0.1) is 31.4 Å². The first-order chi connectivity index (χ1) is 15.2. The standard InChI is InChI=1S/C23H28FN3O4/c24-18-7-5-16(6-8-18)21-20(23(31-25-21)26-9-12-29-13-10-26)15-27(22(28)17-3-4-17)14-19-2-1-11-30-19/h5-8,17,19H,1-4,9-15H2/t19-/m1/s1. The number of ether oxygens (including phenoxy) is 2. The number of hydrogen-bond donors (Lipinski definition) is 0. The van der Waals surface area contributed by atoms with Crippen LogP contribution in [0.5, 0.6) is 0 Å². The van der Waals surface area contributed by atoms with Crippen LogP contribution >= 0.6 is 0 Å². The second-order valence-electron chi connectivity index (χ2n) is 8.55. The van der Waals surface area contributed by atoms with Crippen LogP contribution < -0.4 is 4.90 Å². The van der Waals surface area contributed by atoms with Gasteiger partial charge in [-0.05, 0) is 49.9 Å². The third-order valence-electron chi connectivity index (χ3n) is 6.22. The molecular weight excluding hydrogens is 401 g/mol. The predicted octanol–water partition coefficient (Wildman–Crippen LogP) is 3.23. The van der Waals surface area contributed by atoms with Crippen LogP contribution in [0, 0.1) is 11.7 Å². The molecule has 166 valence electrons. The van der Waals surface area contributed by atoms with Gasteiger partial charge in [0.1, 0.15) is 11.5 Å². The van der Waals surface area contributed by atoms with Crippen LogP contribution in [0.1, 0.15) is 31.2 Å².